The Bertz CT molecular complexity index is 1040. The molecule has 0 aliphatic carbocycles. The van der Waals surface area contributed by atoms with Crippen LogP contribution in [0.2, 0.25) is 5.02 Å². The molecular formula is C26H28ClN3S. The van der Waals surface area contributed by atoms with Gasteiger partial charge in [-0.05, 0) is 53.3 Å². The molecule has 0 saturated carbocycles. The van der Waals surface area contributed by atoms with Gasteiger partial charge in [-0.25, -0.2) is 0 Å². The van der Waals surface area contributed by atoms with Gasteiger partial charge in [0.15, 0.2) is 0 Å². The van der Waals surface area contributed by atoms with Gasteiger partial charge in [-0.1, -0.05) is 57.7 Å². The first-order valence-electron chi connectivity index (χ1n) is 10.2. The second-order valence-corrected chi connectivity index (χ2v) is 9.65. The first kappa shape index (κ1) is 23.1. The number of hydrogen-bond acceptors (Lipinski definition) is 4. The average molecular weight is 450 g/mol. The first-order chi connectivity index (χ1) is 14.8. The van der Waals surface area contributed by atoms with Gasteiger partial charge in [-0.2, -0.15) is 0 Å². The minimum absolute atomic E-state index is 0.363. The topological polar surface area (TPSA) is 37.8 Å². The van der Waals surface area contributed by atoms with Crippen molar-refractivity contribution in [3.63, 3.8) is 0 Å². The predicted octanol–water partition coefficient (Wildman–Crippen LogP) is 7.40. The van der Waals surface area contributed by atoms with Crippen LogP contribution in [-0.2, 0) is 11.8 Å². The summed E-state index contributed by atoms with van der Waals surface area (Å²) in [6.45, 7) is 14.8. The third-order valence-corrected chi connectivity index (χ3v) is 6.29. The molecule has 3 aromatic rings. The Kier molecular flexibility index (Phi) is 7.58. The fourth-order valence-electron chi connectivity index (χ4n) is 3.23. The van der Waals surface area contributed by atoms with E-state index in [0.717, 1.165) is 40.5 Å². The van der Waals surface area contributed by atoms with Gasteiger partial charge < -0.3 is 5.32 Å². The van der Waals surface area contributed by atoms with E-state index in [4.69, 9.17) is 11.6 Å². The van der Waals surface area contributed by atoms with Crippen molar-refractivity contribution in [2.45, 2.75) is 37.5 Å². The van der Waals surface area contributed by atoms with Crippen LogP contribution >= 0.6 is 23.4 Å². The van der Waals surface area contributed by atoms with Crippen LogP contribution in [0.5, 0.6) is 0 Å². The Morgan fingerprint density at radius 3 is 2.32 bits per heavy atom. The summed E-state index contributed by atoms with van der Waals surface area (Å²) >= 11 is 7.82. The zero-order valence-electron chi connectivity index (χ0n) is 18.3. The van der Waals surface area contributed by atoms with E-state index >= 15 is 0 Å². The van der Waals surface area contributed by atoms with Gasteiger partial charge >= 0.3 is 0 Å². The molecule has 1 N–H and O–H groups in total. The minimum atomic E-state index is -0.363. The van der Waals surface area contributed by atoms with Gasteiger partial charge in [-0.3, -0.25) is 9.97 Å². The van der Waals surface area contributed by atoms with Crippen molar-refractivity contribution in [3.05, 3.63) is 102 Å². The lowest BCUT2D eigenvalue weighted by atomic mass is 9.80. The van der Waals surface area contributed by atoms with E-state index in [-0.39, 0.29) is 5.41 Å². The van der Waals surface area contributed by atoms with Gasteiger partial charge in [0.2, 0.25) is 0 Å². The minimum Gasteiger partial charge on any atom is -0.358 e. The molecule has 3 rings (SSSR count). The molecule has 160 valence electrons. The maximum atomic E-state index is 5.98. The van der Waals surface area contributed by atoms with E-state index in [9.17, 15) is 0 Å². The summed E-state index contributed by atoms with van der Waals surface area (Å²) in [5.74, 6) is 1.08. The number of anilines is 1. The lowest BCUT2D eigenvalue weighted by Gasteiger charge is -2.26. The Hall–Kier alpha value is -2.56. The SMILES string of the molecule is C=C(Cc1ccc(SCC)cc1)Nc1ccc(C(=C)C(C)(C)c2ccc(Cl)cn2)nc1. The molecule has 0 amide bonds. The molecule has 0 unspecified atom stereocenters. The predicted molar refractivity (Wildman–Crippen MR) is 135 cm³/mol. The van der Waals surface area contributed by atoms with Crippen molar-refractivity contribution in [1.82, 2.24) is 9.97 Å². The van der Waals surface area contributed by atoms with E-state index < -0.39 is 0 Å². The zero-order chi connectivity index (χ0) is 22.4. The molecule has 0 atom stereocenters. The number of rotatable bonds is 9. The normalized spacial score (nSPS) is 11.2. The molecule has 3 nitrogen and oxygen atoms in total. The van der Waals surface area contributed by atoms with E-state index in [1.807, 2.05) is 42.2 Å². The summed E-state index contributed by atoms with van der Waals surface area (Å²) in [6, 6.07) is 16.4. The fourth-order valence-corrected chi connectivity index (χ4v) is 4.01. The lowest BCUT2D eigenvalue weighted by molar-refractivity contribution is 0.663. The van der Waals surface area contributed by atoms with Crippen molar-refractivity contribution in [2.24, 2.45) is 0 Å². The molecule has 5 heteroatoms. The zero-order valence-corrected chi connectivity index (χ0v) is 19.9. The molecule has 31 heavy (non-hydrogen) atoms. The van der Waals surface area contributed by atoms with Gasteiger partial charge in [-0.15, -0.1) is 11.8 Å². The molecule has 0 aliphatic heterocycles. The number of aromatic nitrogens is 2. The number of pyridine rings is 2. The molecular weight excluding hydrogens is 422 g/mol. The summed E-state index contributed by atoms with van der Waals surface area (Å²) in [5.41, 5.74) is 5.34. The maximum Gasteiger partial charge on any atom is 0.0666 e. The third kappa shape index (κ3) is 5.99. The van der Waals surface area contributed by atoms with E-state index in [1.165, 1.54) is 10.5 Å². The van der Waals surface area contributed by atoms with Gasteiger partial charge in [0, 0.05) is 28.6 Å². The summed E-state index contributed by atoms with van der Waals surface area (Å²) in [7, 11) is 0. The molecule has 0 radical (unpaired) electrons. The number of allylic oxidation sites excluding steroid dienone is 2. The Morgan fingerprint density at radius 2 is 1.74 bits per heavy atom. The number of thioether (sulfide) groups is 1. The monoisotopic (exact) mass is 449 g/mol. The van der Waals surface area contributed by atoms with Crippen LogP contribution in [0.15, 0.2) is 84.7 Å². The van der Waals surface area contributed by atoms with Crippen molar-refractivity contribution < 1.29 is 0 Å². The quantitative estimate of drug-likeness (QED) is 0.345. The summed E-state index contributed by atoms with van der Waals surface area (Å²) < 4.78 is 0. The molecule has 2 heterocycles. The van der Waals surface area contributed by atoms with Crippen molar-refractivity contribution in [1.29, 1.82) is 0 Å². The average Bonchev–Trinajstić information content (AvgIpc) is 2.75. The van der Waals surface area contributed by atoms with Crippen LogP contribution in [0.25, 0.3) is 5.57 Å². The van der Waals surface area contributed by atoms with Crippen LogP contribution < -0.4 is 5.32 Å². The van der Waals surface area contributed by atoms with E-state index in [2.05, 4.69) is 73.5 Å². The van der Waals surface area contributed by atoms with Crippen LogP contribution in [0, 0.1) is 0 Å². The maximum absolute atomic E-state index is 5.98. The lowest BCUT2D eigenvalue weighted by Crippen LogP contribution is -2.21. The first-order valence-corrected chi connectivity index (χ1v) is 11.6. The Morgan fingerprint density at radius 1 is 1.00 bits per heavy atom. The van der Waals surface area contributed by atoms with Gasteiger partial charge in [0.25, 0.3) is 0 Å². The van der Waals surface area contributed by atoms with Crippen molar-refractivity contribution in [3.8, 4) is 0 Å². The molecule has 1 aromatic carbocycles. The highest BCUT2D eigenvalue weighted by Gasteiger charge is 2.27. The highest BCUT2D eigenvalue weighted by atomic mass is 35.5. The van der Waals surface area contributed by atoms with Crippen LogP contribution in [-0.4, -0.2) is 15.7 Å². The second kappa shape index (κ2) is 10.2. The number of nitrogens with zero attached hydrogens (tertiary/aromatic N) is 2. The molecule has 0 bridgehead atoms. The van der Waals surface area contributed by atoms with Gasteiger partial charge in [0.05, 0.1) is 28.3 Å². The summed E-state index contributed by atoms with van der Waals surface area (Å²) in [4.78, 5) is 10.4. The number of halogens is 1. The molecule has 0 spiro atoms. The Balaban J connectivity index is 1.63. The number of hydrogen-bond donors (Lipinski definition) is 1. The fraction of sp³-hybridized carbons (Fsp3) is 0.231. The van der Waals surface area contributed by atoms with Crippen molar-refractivity contribution >= 4 is 34.6 Å². The molecule has 0 aliphatic rings. The molecule has 0 fully saturated rings. The van der Waals surface area contributed by atoms with Gasteiger partial charge in [0.1, 0.15) is 0 Å². The standard InChI is InChI=1S/C26H28ClN3S/c1-6-31-23-11-7-20(8-12-23)15-18(2)30-22-10-13-24(28-17-22)19(3)26(4,5)25-14-9-21(27)16-29-25/h7-14,16-17,30H,2-3,6,15H2,1,4-5H3. The summed E-state index contributed by atoms with van der Waals surface area (Å²) in [5, 5.41) is 3.97. The third-order valence-electron chi connectivity index (χ3n) is 5.17. The highest BCUT2D eigenvalue weighted by Crippen LogP contribution is 2.35. The highest BCUT2D eigenvalue weighted by molar-refractivity contribution is 7.99. The second-order valence-electron chi connectivity index (χ2n) is 7.88. The van der Waals surface area contributed by atoms with Crippen molar-refractivity contribution in [2.75, 3.05) is 11.1 Å². The van der Waals surface area contributed by atoms with Crippen LogP contribution in [0.1, 0.15) is 37.7 Å². The number of nitrogens with one attached hydrogen (secondary N) is 1. The largest absolute Gasteiger partial charge is 0.358 e. The van der Waals surface area contributed by atoms with Crippen LogP contribution in [0.3, 0.4) is 0 Å². The summed E-state index contributed by atoms with van der Waals surface area (Å²) in [6.07, 6.45) is 4.24. The molecule has 0 saturated heterocycles. The number of benzene rings is 1. The van der Waals surface area contributed by atoms with E-state index in [1.54, 1.807) is 6.20 Å². The van der Waals surface area contributed by atoms with E-state index in [0.29, 0.717) is 5.02 Å². The van der Waals surface area contributed by atoms with Crippen LogP contribution in [0.4, 0.5) is 5.69 Å². The Labute approximate surface area is 194 Å². The smallest absolute Gasteiger partial charge is 0.0666 e. The molecule has 2 aromatic heterocycles.